The minimum Gasteiger partial charge on any atom is -0.118 e. The normalized spacial score (nSPS) is 20.0. The predicted molar refractivity (Wildman–Crippen MR) is 99.4 cm³/mol. The van der Waals surface area contributed by atoms with Crippen LogP contribution in [-0.4, -0.2) is 0 Å². The van der Waals surface area contributed by atoms with Gasteiger partial charge in [-0.05, 0) is 41.3 Å². The smallest absolute Gasteiger partial charge is 0.0406 e. The Labute approximate surface area is 146 Å². The third-order valence-electron chi connectivity index (χ3n) is 4.46. The highest BCUT2D eigenvalue weighted by atomic mass is 35.5. The summed E-state index contributed by atoms with van der Waals surface area (Å²) in [5.74, 6) is 0.426. The van der Waals surface area contributed by atoms with Crippen LogP contribution in [0.5, 0.6) is 0 Å². The summed E-state index contributed by atoms with van der Waals surface area (Å²) in [6.07, 6.45) is 1.12. The van der Waals surface area contributed by atoms with Crippen molar-refractivity contribution in [3.63, 3.8) is 0 Å². The van der Waals surface area contributed by atoms with Crippen molar-refractivity contribution in [2.24, 2.45) is 0 Å². The van der Waals surface area contributed by atoms with Gasteiger partial charge in [0.1, 0.15) is 0 Å². The molecule has 0 bridgehead atoms. The Morgan fingerprint density at radius 2 is 1.43 bits per heavy atom. The number of hydrogen-bond donors (Lipinski definition) is 0. The van der Waals surface area contributed by atoms with Gasteiger partial charge >= 0.3 is 0 Å². The second-order valence-electron chi connectivity index (χ2n) is 5.89. The van der Waals surface area contributed by atoms with Crippen molar-refractivity contribution in [3.05, 3.63) is 101 Å². The average Bonchev–Trinajstić information content (AvgIpc) is 2.62. The third kappa shape index (κ3) is 3.04. The topological polar surface area (TPSA) is 0 Å². The van der Waals surface area contributed by atoms with Crippen LogP contribution in [0.25, 0.3) is 0 Å². The largest absolute Gasteiger partial charge is 0.118 e. The first kappa shape index (κ1) is 14.9. The van der Waals surface area contributed by atoms with Gasteiger partial charge in [-0.3, -0.25) is 0 Å². The molecule has 2 atom stereocenters. The van der Waals surface area contributed by atoms with Crippen molar-refractivity contribution in [1.82, 2.24) is 0 Å². The van der Waals surface area contributed by atoms with Crippen LogP contribution in [-0.2, 0) is 0 Å². The first-order valence-corrected chi connectivity index (χ1v) is 9.13. The molecule has 3 aromatic rings. The van der Waals surface area contributed by atoms with Crippen LogP contribution >= 0.6 is 23.4 Å². The van der Waals surface area contributed by atoms with Crippen molar-refractivity contribution in [2.75, 3.05) is 0 Å². The van der Waals surface area contributed by atoms with Gasteiger partial charge in [-0.25, -0.2) is 0 Å². The summed E-state index contributed by atoms with van der Waals surface area (Å²) in [6.45, 7) is 0. The van der Waals surface area contributed by atoms with E-state index in [0.717, 1.165) is 11.4 Å². The molecule has 0 unspecified atom stereocenters. The van der Waals surface area contributed by atoms with Crippen LogP contribution in [0.3, 0.4) is 0 Å². The lowest BCUT2D eigenvalue weighted by Crippen LogP contribution is -2.12. The Hall–Kier alpha value is -1.70. The van der Waals surface area contributed by atoms with Crippen LogP contribution in [0.4, 0.5) is 0 Å². The van der Waals surface area contributed by atoms with E-state index < -0.39 is 0 Å². The predicted octanol–water partition coefficient (Wildman–Crippen LogP) is 6.71. The SMILES string of the molecule is Clc1ccc([C@H]2C[C@H](c3ccccc3)Sc3ccccc32)cc1. The molecule has 0 fully saturated rings. The van der Waals surface area contributed by atoms with E-state index in [1.165, 1.54) is 21.6 Å². The minimum atomic E-state index is 0.426. The fraction of sp³-hybridized carbons (Fsp3) is 0.143. The first-order chi connectivity index (χ1) is 11.3. The van der Waals surface area contributed by atoms with Gasteiger partial charge in [0.15, 0.2) is 0 Å². The fourth-order valence-electron chi connectivity index (χ4n) is 3.30. The quantitative estimate of drug-likeness (QED) is 0.501. The number of thioether (sulfide) groups is 1. The third-order valence-corrected chi connectivity index (χ3v) is 6.08. The molecular formula is C21H17ClS. The number of rotatable bonds is 2. The van der Waals surface area contributed by atoms with E-state index in [1.807, 2.05) is 23.9 Å². The highest BCUT2D eigenvalue weighted by molar-refractivity contribution is 7.99. The molecule has 0 N–H and O–H groups in total. The molecule has 0 spiro atoms. The van der Waals surface area contributed by atoms with Crippen molar-refractivity contribution < 1.29 is 0 Å². The Morgan fingerprint density at radius 3 is 2.22 bits per heavy atom. The molecule has 4 rings (SSSR count). The summed E-state index contributed by atoms with van der Waals surface area (Å²) in [6, 6.07) is 28.0. The zero-order chi connectivity index (χ0) is 15.6. The monoisotopic (exact) mass is 336 g/mol. The minimum absolute atomic E-state index is 0.426. The van der Waals surface area contributed by atoms with Gasteiger partial charge in [0.25, 0.3) is 0 Å². The van der Waals surface area contributed by atoms with Gasteiger partial charge in [0.2, 0.25) is 0 Å². The van der Waals surface area contributed by atoms with Crippen LogP contribution in [0.1, 0.15) is 34.3 Å². The summed E-state index contributed by atoms with van der Waals surface area (Å²) >= 11 is 8.06. The summed E-state index contributed by atoms with van der Waals surface area (Å²) in [5.41, 5.74) is 4.20. The second-order valence-corrected chi connectivity index (χ2v) is 7.58. The molecule has 0 saturated carbocycles. The molecule has 3 aromatic carbocycles. The maximum Gasteiger partial charge on any atom is 0.0406 e. The lowest BCUT2D eigenvalue weighted by molar-refractivity contribution is 0.677. The maximum atomic E-state index is 6.07. The van der Waals surface area contributed by atoms with Crippen LogP contribution in [0, 0.1) is 0 Å². The molecule has 1 aliphatic heterocycles. The molecule has 1 aliphatic rings. The average molecular weight is 337 g/mol. The Morgan fingerprint density at radius 1 is 0.739 bits per heavy atom. The van der Waals surface area contributed by atoms with E-state index >= 15 is 0 Å². The highest BCUT2D eigenvalue weighted by Crippen LogP contribution is 2.51. The van der Waals surface area contributed by atoms with E-state index in [2.05, 4.69) is 66.7 Å². The fourth-order valence-corrected chi connectivity index (χ4v) is 4.82. The van der Waals surface area contributed by atoms with Crippen molar-refractivity contribution >= 4 is 23.4 Å². The lowest BCUT2D eigenvalue weighted by Gasteiger charge is -2.31. The molecule has 0 amide bonds. The lowest BCUT2D eigenvalue weighted by atomic mass is 9.85. The summed E-state index contributed by atoms with van der Waals surface area (Å²) in [7, 11) is 0. The standard InChI is InChI=1S/C21H17ClS/c22-17-12-10-15(11-13-17)19-14-21(16-6-2-1-3-7-16)23-20-9-5-4-8-18(19)20/h1-13,19,21H,14H2/t19-,21-/m1/s1. The number of halogens is 1. The zero-order valence-corrected chi connectivity index (χ0v) is 14.2. The molecule has 23 heavy (non-hydrogen) atoms. The summed E-state index contributed by atoms with van der Waals surface area (Å²) in [5, 5.41) is 1.29. The molecule has 114 valence electrons. The maximum absolute atomic E-state index is 6.07. The molecular weight excluding hydrogens is 320 g/mol. The van der Waals surface area contributed by atoms with Gasteiger partial charge in [-0.1, -0.05) is 72.3 Å². The van der Waals surface area contributed by atoms with E-state index in [1.54, 1.807) is 0 Å². The highest BCUT2D eigenvalue weighted by Gasteiger charge is 2.29. The van der Waals surface area contributed by atoms with Gasteiger partial charge in [-0.15, -0.1) is 11.8 Å². The van der Waals surface area contributed by atoms with Crippen molar-refractivity contribution in [1.29, 1.82) is 0 Å². The van der Waals surface area contributed by atoms with E-state index in [-0.39, 0.29) is 0 Å². The molecule has 0 aliphatic carbocycles. The summed E-state index contributed by atoms with van der Waals surface area (Å²) in [4.78, 5) is 1.40. The number of hydrogen-bond acceptors (Lipinski definition) is 1. The molecule has 2 heteroatoms. The molecule has 0 aromatic heterocycles. The molecule has 1 heterocycles. The van der Waals surface area contributed by atoms with E-state index in [4.69, 9.17) is 11.6 Å². The van der Waals surface area contributed by atoms with E-state index in [0.29, 0.717) is 11.2 Å². The van der Waals surface area contributed by atoms with Crippen LogP contribution in [0.15, 0.2) is 83.8 Å². The van der Waals surface area contributed by atoms with Crippen molar-refractivity contribution in [2.45, 2.75) is 22.5 Å². The van der Waals surface area contributed by atoms with Gasteiger partial charge in [-0.2, -0.15) is 0 Å². The van der Waals surface area contributed by atoms with E-state index in [9.17, 15) is 0 Å². The first-order valence-electron chi connectivity index (χ1n) is 7.87. The Balaban J connectivity index is 1.76. The van der Waals surface area contributed by atoms with Crippen molar-refractivity contribution in [3.8, 4) is 0 Å². The van der Waals surface area contributed by atoms with Crippen LogP contribution in [0.2, 0.25) is 5.02 Å². The molecule has 0 saturated heterocycles. The zero-order valence-electron chi connectivity index (χ0n) is 12.7. The van der Waals surface area contributed by atoms with Crippen LogP contribution < -0.4 is 0 Å². The number of benzene rings is 3. The van der Waals surface area contributed by atoms with Gasteiger partial charge in [0, 0.05) is 21.1 Å². The van der Waals surface area contributed by atoms with Gasteiger partial charge < -0.3 is 0 Å². The van der Waals surface area contributed by atoms with Gasteiger partial charge in [0.05, 0.1) is 0 Å². The summed E-state index contributed by atoms with van der Waals surface area (Å²) < 4.78 is 0. The molecule has 0 nitrogen and oxygen atoms in total. The second kappa shape index (κ2) is 6.43. The Bertz CT molecular complexity index is 796. The number of fused-ring (bicyclic) bond motifs is 1. The Kier molecular flexibility index (Phi) is 4.15. The molecule has 0 radical (unpaired) electrons.